The Morgan fingerprint density at radius 2 is 1.61 bits per heavy atom. The molecule has 2 unspecified atom stereocenters. The Hall–Kier alpha value is -3.02. The third-order valence-corrected chi connectivity index (χ3v) is 6.18. The normalized spacial score (nSPS) is 13.2. The minimum atomic E-state index is -4.29. The molecule has 0 saturated carbocycles. The summed E-state index contributed by atoms with van der Waals surface area (Å²) < 4.78 is 38.4. The Balaban J connectivity index is 2.13. The van der Waals surface area contributed by atoms with Gasteiger partial charge in [-0.15, -0.1) is 6.58 Å². The molecule has 0 radical (unpaired) electrons. The summed E-state index contributed by atoms with van der Waals surface area (Å²) in [6, 6.07) is 16.3. The SMILES string of the molecule is C=C(C)CCC(Cc1ccccc1)NC(=C)C(C(C)C)N(C)C(=O)Cc1cccc(CC(F)(F)F)c1. The van der Waals surface area contributed by atoms with Gasteiger partial charge in [0.15, 0.2) is 0 Å². The number of benzene rings is 2. The molecule has 0 bridgehead atoms. The molecule has 0 aliphatic carbocycles. The van der Waals surface area contributed by atoms with Crippen LogP contribution in [0.5, 0.6) is 0 Å². The number of nitrogens with zero attached hydrogens (tertiary/aromatic N) is 1. The predicted octanol–water partition coefficient (Wildman–Crippen LogP) is 6.89. The molecule has 0 heterocycles. The van der Waals surface area contributed by atoms with Crippen molar-refractivity contribution >= 4 is 5.91 Å². The molecule has 0 aromatic heterocycles. The van der Waals surface area contributed by atoms with Crippen LogP contribution in [0.2, 0.25) is 0 Å². The first-order valence-electron chi connectivity index (χ1n) is 12.4. The van der Waals surface area contributed by atoms with Gasteiger partial charge in [0, 0.05) is 18.8 Å². The van der Waals surface area contributed by atoms with E-state index in [4.69, 9.17) is 0 Å². The molecular weight excluding hydrogens is 461 g/mol. The fourth-order valence-corrected chi connectivity index (χ4v) is 4.51. The first-order valence-corrected chi connectivity index (χ1v) is 12.4. The van der Waals surface area contributed by atoms with Gasteiger partial charge in [-0.25, -0.2) is 0 Å². The van der Waals surface area contributed by atoms with E-state index in [-0.39, 0.29) is 35.9 Å². The van der Waals surface area contributed by atoms with Gasteiger partial charge in [-0.05, 0) is 48.8 Å². The second kappa shape index (κ2) is 13.3. The summed E-state index contributed by atoms with van der Waals surface area (Å²) in [6.45, 7) is 14.4. The van der Waals surface area contributed by atoms with Gasteiger partial charge in [-0.3, -0.25) is 4.79 Å². The first-order chi connectivity index (χ1) is 16.9. The van der Waals surface area contributed by atoms with Crippen LogP contribution >= 0.6 is 0 Å². The van der Waals surface area contributed by atoms with Gasteiger partial charge in [0.25, 0.3) is 0 Å². The van der Waals surface area contributed by atoms with Crippen molar-refractivity contribution in [3.8, 4) is 0 Å². The van der Waals surface area contributed by atoms with E-state index in [1.807, 2.05) is 39.0 Å². The van der Waals surface area contributed by atoms with Crippen molar-refractivity contribution < 1.29 is 18.0 Å². The van der Waals surface area contributed by atoms with Gasteiger partial charge in [0.1, 0.15) is 0 Å². The molecule has 0 spiro atoms. The highest BCUT2D eigenvalue weighted by atomic mass is 19.4. The van der Waals surface area contributed by atoms with Crippen molar-refractivity contribution in [3.05, 3.63) is 95.7 Å². The maximum Gasteiger partial charge on any atom is 0.393 e. The van der Waals surface area contributed by atoms with Crippen LogP contribution in [0.1, 0.15) is 50.3 Å². The van der Waals surface area contributed by atoms with E-state index in [1.54, 1.807) is 24.1 Å². The number of hydrogen-bond acceptors (Lipinski definition) is 2. The van der Waals surface area contributed by atoms with E-state index in [0.717, 1.165) is 30.5 Å². The Morgan fingerprint density at radius 3 is 2.19 bits per heavy atom. The van der Waals surface area contributed by atoms with E-state index in [0.29, 0.717) is 5.56 Å². The quantitative estimate of drug-likeness (QED) is 0.304. The molecular formula is C30H39F3N2O. The summed E-state index contributed by atoms with van der Waals surface area (Å²) in [4.78, 5) is 14.8. The molecule has 0 fully saturated rings. The molecule has 2 atom stereocenters. The number of hydrogen-bond donors (Lipinski definition) is 1. The topological polar surface area (TPSA) is 32.3 Å². The van der Waals surface area contributed by atoms with Gasteiger partial charge in [-0.2, -0.15) is 13.2 Å². The zero-order valence-corrected chi connectivity index (χ0v) is 21.9. The number of rotatable bonds is 13. The number of amides is 1. The Labute approximate surface area is 214 Å². The molecule has 2 aromatic carbocycles. The number of likely N-dealkylation sites (N-methyl/N-ethyl adjacent to an activating group) is 1. The fourth-order valence-electron chi connectivity index (χ4n) is 4.51. The van der Waals surface area contributed by atoms with Crippen LogP contribution in [0.4, 0.5) is 13.2 Å². The lowest BCUT2D eigenvalue weighted by Gasteiger charge is -2.35. The van der Waals surface area contributed by atoms with Crippen molar-refractivity contribution in [1.29, 1.82) is 0 Å². The van der Waals surface area contributed by atoms with Crippen LogP contribution in [0.15, 0.2) is 79.0 Å². The maximum absolute atomic E-state index is 13.2. The summed E-state index contributed by atoms with van der Waals surface area (Å²) in [5.41, 5.74) is 3.81. The highest BCUT2D eigenvalue weighted by molar-refractivity contribution is 5.79. The third-order valence-electron chi connectivity index (χ3n) is 6.18. The molecule has 0 saturated heterocycles. The van der Waals surface area contributed by atoms with E-state index < -0.39 is 12.6 Å². The zero-order valence-electron chi connectivity index (χ0n) is 21.9. The summed E-state index contributed by atoms with van der Waals surface area (Å²) in [6.07, 6.45) is -2.67. The van der Waals surface area contributed by atoms with Crippen LogP contribution in [-0.2, 0) is 24.1 Å². The summed E-state index contributed by atoms with van der Waals surface area (Å²) >= 11 is 0. The van der Waals surface area contributed by atoms with Crippen molar-refractivity contribution in [1.82, 2.24) is 10.2 Å². The van der Waals surface area contributed by atoms with Gasteiger partial charge >= 0.3 is 6.18 Å². The zero-order chi connectivity index (χ0) is 26.9. The molecule has 2 aromatic rings. The van der Waals surface area contributed by atoms with Crippen molar-refractivity contribution in [2.24, 2.45) is 5.92 Å². The highest BCUT2D eigenvalue weighted by Crippen LogP contribution is 2.23. The van der Waals surface area contributed by atoms with Gasteiger partial charge < -0.3 is 10.2 Å². The smallest absolute Gasteiger partial charge is 0.384 e. The largest absolute Gasteiger partial charge is 0.393 e. The molecule has 3 nitrogen and oxygen atoms in total. The molecule has 36 heavy (non-hydrogen) atoms. The molecule has 196 valence electrons. The molecule has 1 amide bonds. The van der Waals surface area contributed by atoms with Crippen LogP contribution in [0, 0.1) is 5.92 Å². The monoisotopic (exact) mass is 500 g/mol. The summed E-state index contributed by atoms with van der Waals surface area (Å²) in [5, 5.41) is 3.58. The summed E-state index contributed by atoms with van der Waals surface area (Å²) in [7, 11) is 1.74. The fraction of sp³-hybridized carbons (Fsp3) is 0.433. The van der Waals surface area contributed by atoms with E-state index in [9.17, 15) is 18.0 Å². The number of allylic oxidation sites excluding steroid dienone is 1. The van der Waals surface area contributed by atoms with Gasteiger partial charge in [0.2, 0.25) is 5.91 Å². The van der Waals surface area contributed by atoms with Crippen LogP contribution in [0.25, 0.3) is 0 Å². The molecule has 2 rings (SSSR count). The second-order valence-electron chi connectivity index (χ2n) is 10.0. The molecule has 6 heteroatoms. The number of halogens is 3. The lowest BCUT2D eigenvalue weighted by Crippen LogP contribution is -2.47. The standard InChI is InChI=1S/C30H39F3N2O/c1-21(2)15-16-27(18-24-11-8-7-9-12-24)34-23(5)29(22(3)4)35(6)28(36)19-25-13-10-14-26(17-25)20-30(31,32)33/h7-14,17,22,27,29,34H,1,5,15-16,18-20H2,2-4,6H3. The molecule has 1 N–H and O–H groups in total. The average Bonchev–Trinajstić information content (AvgIpc) is 2.77. The van der Waals surface area contributed by atoms with E-state index >= 15 is 0 Å². The van der Waals surface area contributed by atoms with Crippen molar-refractivity contribution in [3.63, 3.8) is 0 Å². The lowest BCUT2D eigenvalue weighted by atomic mass is 9.95. The number of carbonyl (C=O) groups is 1. The van der Waals surface area contributed by atoms with Gasteiger partial charge in [0.05, 0.1) is 18.9 Å². The minimum absolute atomic E-state index is 0.0296. The average molecular weight is 501 g/mol. The molecule has 0 aliphatic rings. The number of carbonyl (C=O) groups excluding carboxylic acids is 1. The third kappa shape index (κ3) is 9.92. The Bertz CT molecular complexity index is 1010. The Kier molecular flexibility index (Phi) is 10.8. The lowest BCUT2D eigenvalue weighted by molar-refractivity contribution is -0.131. The molecule has 0 aliphatic heterocycles. The predicted molar refractivity (Wildman–Crippen MR) is 142 cm³/mol. The highest BCUT2D eigenvalue weighted by Gasteiger charge is 2.29. The van der Waals surface area contributed by atoms with Gasteiger partial charge in [-0.1, -0.05) is 80.6 Å². The van der Waals surface area contributed by atoms with Crippen LogP contribution in [0.3, 0.4) is 0 Å². The van der Waals surface area contributed by atoms with Crippen LogP contribution in [-0.4, -0.2) is 36.1 Å². The van der Waals surface area contributed by atoms with E-state index in [1.165, 1.54) is 17.7 Å². The number of nitrogens with one attached hydrogen (secondary N) is 1. The minimum Gasteiger partial charge on any atom is -0.384 e. The van der Waals surface area contributed by atoms with Crippen LogP contribution < -0.4 is 5.32 Å². The number of alkyl halides is 3. The second-order valence-corrected chi connectivity index (χ2v) is 10.0. The summed E-state index contributed by atoms with van der Waals surface area (Å²) in [5.74, 6) is -0.0728. The first kappa shape index (κ1) is 29.2. The Morgan fingerprint density at radius 1 is 1.00 bits per heavy atom. The van der Waals surface area contributed by atoms with Crippen molar-refractivity contribution in [2.75, 3.05) is 7.05 Å². The maximum atomic E-state index is 13.2. The van der Waals surface area contributed by atoms with Crippen molar-refractivity contribution in [2.45, 2.75) is 71.1 Å². The van der Waals surface area contributed by atoms with E-state index in [2.05, 4.69) is 30.6 Å².